The van der Waals surface area contributed by atoms with Crippen molar-refractivity contribution in [1.29, 1.82) is 0 Å². The number of hydrogen-bond donors (Lipinski definition) is 0. The summed E-state index contributed by atoms with van der Waals surface area (Å²) < 4.78 is 13.3. The van der Waals surface area contributed by atoms with Gasteiger partial charge in [0, 0.05) is 61.7 Å². The first-order valence-corrected chi connectivity index (χ1v) is 13.0. The van der Waals surface area contributed by atoms with E-state index in [0.29, 0.717) is 12.6 Å². The quantitative estimate of drug-likeness (QED) is 0.540. The molecule has 7 nitrogen and oxygen atoms in total. The summed E-state index contributed by atoms with van der Waals surface area (Å²) in [5, 5.41) is 0. The van der Waals surface area contributed by atoms with Crippen LogP contribution in [0.1, 0.15) is 50.8 Å². The number of allylic oxidation sites excluding steroid dienone is 1. The Kier molecular flexibility index (Phi) is 7.30. The van der Waals surface area contributed by atoms with Gasteiger partial charge in [-0.2, -0.15) is 0 Å². The minimum Gasteiger partial charge on any atom is -0.496 e. The molecule has 0 saturated carbocycles. The molecular weight excluding hydrogens is 466 g/mol. The fourth-order valence-corrected chi connectivity index (χ4v) is 5.90. The normalized spacial score (nSPS) is 20.0. The fraction of sp³-hybridized carbons (Fsp3) is 0.533. The number of fused-ring (bicyclic) bond motifs is 2. The Morgan fingerprint density at radius 2 is 1.68 bits per heavy atom. The van der Waals surface area contributed by atoms with Crippen molar-refractivity contribution in [3.05, 3.63) is 57.0 Å². The second-order valence-electron chi connectivity index (χ2n) is 11.7. The third-order valence-corrected chi connectivity index (χ3v) is 7.81. The number of nitrogens with zero attached hydrogens (tertiary/aromatic N) is 3. The summed E-state index contributed by atoms with van der Waals surface area (Å²) >= 11 is 0. The molecule has 1 amide bonds. The van der Waals surface area contributed by atoms with E-state index in [2.05, 4.69) is 36.6 Å². The molecule has 2 aromatic rings. The molecule has 37 heavy (non-hydrogen) atoms. The Bertz CT molecular complexity index is 1280. The lowest BCUT2D eigenvalue weighted by atomic mass is 9.93. The first-order valence-electron chi connectivity index (χ1n) is 13.0. The molecule has 2 atom stereocenters. The average molecular weight is 508 g/mol. The molecule has 2 aliphatic heterocycles. The van der Waals surface area contributed by atoms with Crippen molar-refractivity contribution in [3.63, 3.8) is 0 Å². The smallest absolute Gasteiger partial charge is 0.253 e. The van der Waals surface area contributed by atoms with Crippen LogP contribution in [0, 0.1) is 19.3 Å². The molecule has 2 saturated heterocycles. The van der Waals surface area contributed by atoms with Crippen molar-refractivity contribution < 1.29 is 14.3 Å². The zero-order valence-corrected chi connectivity index (χ0v) is 23.8. The second-order valence-corrected chi connectivity index (χ2v) is 11.7. The summed E-state index contributed by atoms with van der Waals surface area (Å²) in [5.41, 5.74) is 5.45. The lowest BCUT2D eigenvalue weighted by Gasteiger charge is -2.35. The molecule has 200 valence electrons. The predicted molar refractivity (Wildman–Crippen MR) is 147 cm³/mol. The van der Waals surface area contributed by atoms with Gasteiger partial charge in [0.15, 0.2) is 0 Å². The van der Waals surface area contributed by atoms with Gasteiger partial charge < -0.3 is 18.9 Å². The number of rotatable bonds is 6. The highest BCUT2D eigenvalue weighted by molar-refractivity contribution is 5.93. The highest BCUT2D eigenvalue weighted by Gasteiger charge is 2.45. The largest absolute Gasteiger partial charge is 0.496 e. The van der Waals surface area contributed by atoms with E-state index in [9.17, 15) is 9.59 Å². The summed E-state index contributed by atoms with van der Waals surface area (Å²) in [6.45, 7) is 14.4. The van der Waals surface area contributed by atoms with Crippen molar-refractivity contribution in [2.45, 2.75) is 66.6 Å². The van der Waals surface area contributed by atoms with Crippen LogP contribution in [0.15, 0.2) is 34.8 Å². The maximum atomic E-state index is 13.1. The van der Waals surface area contributed by atoms with Crippen molar-refractivity contribution in [2.24, 2.45) is 12.5 Å². The number of hydrogen-bond acceptors (Lipinski definition) is 5. The number of carbonyl (C=O) groups excluding carboxylic acids is 1. The highest BCUT2D eigenvalue weighted by Crippen LogP contribution is 2.40. The number of aromatic nitrogens is 1. The molecule has 2 bridgehead atoms. The van der Waals surface area contributed by atoms with Crippen LogP contribution in [0.3, 0.4) is 0 Å². The Morgan fingerprint density at radius 1 is 1.05 bits per heavy atom. The number of amides is 1. The molecule has 2 fully saturated rings. The van der Waals surface area contributed by atoms with E-state index in [1.807, 2.05) is 39.1 Å². The predicted octanol–water partition coefficient (Wildman–Crippen LogP) is 4.46. The zero-order chi connectivity index (χ0) is 27.2. The van der Waals surface area contributed by atoms with Gasteiger partial charge in [0.2, 0.25) is 5.91 Å². The molecular formula is C30H41N3O4. The van der Waals surface area contributed by atoms with E-state index >= 15 is 0 Å². The maximum absolute atomic E-state index is 13.1. The number of aryl methyl sites for hydroxylation is 1. The fourth-order valence-electron chi connectivity index (χ4n) is 5.90. The molecule has 1 aromatic carbocycles. The summed E-state index contributed by atoms with van der Waals surface area (Å²) in [4.78, 5) is 30.0. The topological polar surface area (TPSA) is 64.0 Å². The van der Waals surface area contributed by atoms with Gasteiger partial charge in [-0.05, 0) is 55.9 Å². The van der Waals surface area contributed by atoms with Crippen LogP contribution in [0.2, 0.25) is 0 Å². The summed E-state index contributed by atoms with van der Waals surface area (Å²) in [7, 11) is 5.14. The number of ether oxygens (including phenoxy) is 2. The first-order chi connectivity index (χ1) is 17.3. The molecule has 2 unspecified atom stereocenters. The number of carbonyl (C=O) groups is 1. The number of pyridine rings is 1. The summed E-state index contributed by atoms with van der Waals surface area (Å²) in [6.07, 6.45) is 4.94. The highest BCUT2D eigenvalue weighted by atomic mass is 16.5. The van der Waals surface area contributed by atoms with Gasteiger partial charge >= 0.3 is 0 Å². The van der Waals surface area contributed by atoms with Gasteiger partial charge in [0.05, 0.1) is 19.8 Å². The number of benzene rings is 1. The van der Waals surface area contributed by atoms with Gasteiger partial charge in [-0.15, -0.1) is 0 Å². The van der Waals surface area contributed by atoms with Gasteiger partial charge in [0.1, 0.15) is 11.5 Å². The van der Waals surface area contributed by atoms with E-state index in [-0.39, 0.29) is 22.9 Å². The minimum absolute atomic E-state index is 0.0116. The SMILES string of the molecule is COc1cc(-c2cn(C)c(=O)c(C)c2C)cc(OC)c1CN1CC2CC1CN2C(=O)/C(C)=C/C(C)(C)C. The van der Waals surface area contributed by atoms with E-state index in [1.165, 1.54) is 0 Å². The Hall–Kier alpha value is -3.06. The van der Waals surface area contributed by atoms with E-state index in [0.717, 1.165) is 64.4 Å². The van der Waals surface area contributed by atoms with Gasteiger partial charge in [-0.1, -0.05) is 26.8 Å². The average Bonchev–Trinajstić information content (AvgIpc) is 3.44. The molecule has 3 heterocycles. The molecule has 4 rings (SSSR count). The lowest BCUT2D eigenvalue weighted by molar-refractivity contribution is -0.129. The second kappa shape index (κ2) is 10.0. The van der Waals surface area contributed by atoms with Gasteiger partial charge in [-0.25, -0.2) is 0 Å². The maximum Gasteiger partial charge on any atom is 0.253 e. The van der Waals surface area contributed by atoms with E-state index < -0.39 is 0 Å². The molecule has 2 aliphatic rings. The molecule has 0 radical (unpaired) electrons. The summed E-state index contributed by atoms with van der Waals surface area (Å²) in [5.74, 6) is 1.68. The third kappa shape index (κ3) is 5.19. The van der Waals surface area contributed by atoms with E-state index in [4.69, 9.17) is 9.47 Å². The minimum atomic E-state index is -0.0184. The standard InChI is InChI=1S/C30H41N3O4/c1-18(13-30(4,5)6)28(34)33-15-22-12-23(33)14-32(22)17-25-26(36-8)10-21(11-27(25)37-9)24-16-31(7)29(35)20(3)19(24)2/h10-11,13,16,22-23H,12,14-15,17H2,1-9H3/b18-13+. The van der Waals surface area contributed by atoms with Crippen LogP contribution in [0.5, 0.6) is 11.5 Å². The van der Waals surface area contributed by atoms with Crippen LogP contribution in [0.25, 0.3) is 11.1 Å². The van der Waals surface area contributed by atoms with E-state index in [1.54, 1.807) is 25.8 Å². The van der Waals surface area contributed by atoms with Crippen LogP contribution in [0.4, 0.5) is 0 Å². The number of methoxy groups -OCH3 is 2. The Morgan fingerprint density at radius 3 is 2.19 bits per heavy atom. The van der Waals surface area contributed by atoms with Gasteiger partial charge in [-0.3, -0.25) is 14.5 Å². The molecule has 7 heteroatoms. The zero-order valence-electron chi connectivity index (χ0n) is 23.8. The molecule has 0 N–H and O–H groups in total. The van der Waals surface area contributed by atoms with Crippen LogP contribution >= 0.6 is 0 Å². The lowest BCUT2D eigenvalue weighted by Crippen LogP contribution is -2.48. The van der Waals surface area contributed by atoms with Crippen LogP contribution < -0.4 is 15.0 Å². The van der Waals surface area contributed by atoms with Crippen molar-refractivity contribution in [2.75, 3.05) is 27.3 Å². The Labute approximate surface area is 220 Å². The van der Waals surface area contributed by atoms with Crippen molar-refractivity contribution in [3.8, 4) is 22.6 Å². The van der Waals surface area contributed by atoms with Gasteiger partial charge in [0.25, 0.3) is 5.56 Å². The first kappa shape index (κ1) is 27.0. The molecule has 1 aromatic heterocycles. The molecule has 0 spiro atoms. The molecule has 0 aliphatic carbocycles. The number of likely N-dealkylation sites (tertiary alicyclic amines) is 2. The third-order valence-electron chi connectivity index (χ3n) is 7.81. The van der Waals surface area contributed by atoms with Crippen LogP contribution in [-0.4, -0.2) is 59.7 Å². The number of piperazine rings is 1. The van der Waals surface area contributed by atoms with Crippen molar-refractivity contribution >= 4 is 5.91 Å². The van der Waals surface area contributed by atoms with Crippen molar-refractivity contribution in [1.82, 2.24) is 14.4 Å². The monoisotopic (exact) mass is 507 g/mol. The van der Waals surface area contributed by atoms with Crippen LogP contribution in [-0.2, 0) is 18.4 Å². The Balaban J connectivity index is 1.58. The summed E-state index contributed by atoms with van der Waals surface area (Å²) in [6, 6.07) is 4.62.